The number of ether oxygens (including phenoxy) is 1. The molecule has 0 spiro atoms. The van der Waals surface area contributed by atoms with Crippen molar-refractivity contribution in [3.8, 4) is 11.8 Å². The minimum absolute atomic E-state index is 0.00618. The fraction of sp³-hybridized carbons (Fsp3) is 0.273. The fourth-order valence-electron chi connectivity index (χ4n) is 1.35. The van der Waals surface area contributed by atoms with Crippen molar-refractivity contribution in [2.45, 2.75) is 13.0 Å². The molecule has 5 nitrogen and oxygen atoms in total. The zero-order chi connectivity index (χ0) is 12.4. The van der Waals surface area contributed by atoms with E-state index >= 15 is 0 Å². The Morgan fingerprint density at radius 2 is 2.24 bits per heavy atom. The third-order valence-electron chi connectivity index (χ3n) is 2.26. The first-order valence-electron chi connectivity index (χ1n) is 5.15. The second-order valence-corrected chi connectivity index (χ2v) is 4.64. The topological polar surface area (TPSA) is 66.0 Å². The lowest BCUT2D eigenvalue weighted by molar-refractivity contribution is 0.436. The van der Waals surface area contributed by atoms with E-state index in [1.165, 1.54) is 0 Å². The van der Waals surface area contributed by atoms with E-state index in [1.807, 2.05) is 25.1 Å². The molecule has 1 aromatic carbocycles. The standard InChI is InChI=1S/C11H13BrN4O/c1-7(13)8-3-4-10(9(12)5-8)17-11-14-6-16(2)15-11/h3-7H,13H2,1-2H3/t7-/m0/s1. The van der Waals surface area contributed by atoms with Crippen LogP contribution in [0.1, 0.15) is 18.5 Å². The molecule has 0 saturated heterocycles. The Kier molecular flexibility index (Phi) is 3.44. The number of nitrogens with zero attached hydrogens (tertiary/aromatic N) is 3. The Balaban J connectivity index is 2.22. The van der Waals surface area contributed by atoms with Gasteiger partial charge >= 0.3 is 6.01 Å². The van der Waals surface area contributed by atoms with Crippen molar-refractivity contribution in [1.29, 1.82) is 0 Å². The summed E-state index contributed by atoms with van der Waals surface area (Å²) >= 11 is 3.44. The fourth-order valence-corrected chi connectivity index (χ4v) is 1.83. The number of halogens is 1. The Morgan fingerprint density at radius 1 is 1.47 bits per heavy atom. The zero-order valence-corrected chi connectivity index (χ0v) is 11.2. The molecule has 2 aromatic rings. The van der Waals surface area contributed by atoms with Gasteiger partial charge in [-0.2, -0.15) is 4.98 Å². The summed E-state index contributed by atoms with van der Waals surface area (Å²) in [6, 6.07) is 6.02. The number of benzene rings is 1. The van der Waals surface area contributed by atoms with E-state index in [0.29, 0.717) is 11.8 Å². The molecule has 1 heterocycles. The quantitative estimate of drug-likeness (QED) is 0.944. The molecule has 0 aliphatic heterocycles. The second kappa shape index (κ2) is 4.85. The molecule has 17 heavy (non-hydrogen) atoms. The van der Waals surface area contributed by atoms with Crippen LogP contribution in [0, 0.1) is 0 Å². The molecule has 0 saturated carbocycles. The van der Waals surface area contributed by atoms with Crippen LogP contribution in [0.3, 0.4) is 0 Å². The number of hydrogen-bond acceptors (Lipinski definition) is 4. The lowest BCUT2D eigenvalue weighted by atomic mass is 10.1. The van der Waals surface area contributed by atoms with Crippen molar-refractivity contribution in [3.05, 3.63) is 34.6 Å². The molecule has 0 bridgehead atoms. The Bertz CT molecular complexity index is 524. The maximum absolute atomic E-state index is 5.80. The van der Waals surface area contributed by atoms with Gasteiger partial charge in [-0.25, -0.2) is 0 Å². The van der Waals surface area contributed by atoms with Crippen molar-refractivity contribution in [2.75, 3.05) is 0 Å². The summed E-state index contributed by atoms with van der Waals surface area (Å²) in [7, 11) is 1.79. The minimum Gasteiger partial charge on any atom is -0.422 e. The molecule has 2 rings (SSSR count). The number of hydrogen-bond donors (Lipinski definition) is 1. The monoisotopic (exact) mass is 296 g/mol. The first-order chi connectivity index (χ1) is 8.06. The molecule has 6 heteroatoms. The van der Waals surface area contributed by atoms with Gasteiger partial charge in [-0.15, -0.1) is 5.10 Å². The Labute approximate surface area is 108 Å². The molecule has 1 aromatic heterocycles. The lowest BCUT2D eigenvalue weighted by Gasteiger charge is -2.09. The highest BCUT2D eigenvalue weighted by Gasteiger charge is 2.08. The third kappa shape index (κ3) is 2.83. The molecule has 90 valence electrons. The van der Waals surface area contributed by atoms with Gasteiger partial charge in [0.25, 0.3) is 0 Å². The summed E-state index contributed by atoms with van der Waals surface area (Å²) < 4.78 is 7.95. The molecule has 0 unspecified atom stereocenters. The maximum atomic E-state index is 5.80. The first-order valence-corrected chi connectivity index (χ1v) is 5.94. The van der Waals surface area contributed by atoms with Gasteiger partial charge in [0.05, 0.1) is 4.47 Å². The normalized spacial score (nSPS) is 12.5. The number of nitrogens with two attached hydrogens (primary N) is 1. The van der Waals surface area contributed by atoms with Crippen LogP contribution in [-0.2, 0) is 7.05 Å². The van der Waals surface area contributed by atoms with Crippen LogP contribution in [0.2, 0.25) is 0 Å². The summed E-state index contributed by atoms with van der Waals surface area (Å²) in [5.74, 6) is 0.667. The SMILES string of the molecule is C[C@H](N)c1ccc(Oc2ncn(C)n2)c(Br)c1. The average molecular weight is 297 g/mol. The van der Waals surface area contributed by atoms with Crippen molar-refractivity contribution in [3.63, 3.8) is 0 Å². The lowest BCUT2D eigenvalue weighted by Crippen LogP contribution is -2.04. The Morgan fingerprint density at radius 3 is 2.76 bits per heavy atom. The van der Waals surface area contributed by atoms with Gasteiger partial charge in [-0.1, -0.05) is 6.07 Å². The highest BCUT2D eigenvalue weighted by molar-refractivity contribution is 9.10. The third-order valence-corrected chi connectivity index (χ3v) is 2.88. The van der Waals surface area contributed by atoms with Crippen molar-refractivity contribution < 1.29 is 4.74 Å². The van der Waals surface area contributed by atoms with E-state index in [9.17, 15) is 0 Å². The van der Waals surface area contributed by atoms with Gasteiger partial charge < -0.3 is 10.5 Å². The molecule has 1 atom stereocenters. The second-order valence-electron chi connectivity index (χ2n) is 3.78. The van der Waals surface area contributed by atoms with E-state index in [4.69, 9.17) is 10.5 Å². The summed E-state index contributed by atoms with van der Waals surface area (Å²) in [5.41, 5.74) is 6.84. The predicted octanol–water partition coefficient (Wildman–Crippen LogP) is 2.39. The van der Waals surface area contributed by atoms with Crippen LogP contribution >= 0.6 is 15.9 Å². The van der Waals surface area contributed by atoms with Gasteiger partial charge in [0, 0.05) is 13.1 Å². The van der Waals surface area contributed by atoms with Crippen molar-refractivity contribution in [2.24, 2.45) is 12.8 Å². The smallest absolute Gasteiger partial charge is 0.341 e. The van der Waals surface area contributed by atoms with Crippen LogP contribution in [-0.4, -0.2) is 14.8 Å². The van der Waals surface area contributed by atoms with Crippen LogP contribution in [0.4, 0.5) is 0 Å². The zero-order valence-electron chi connectivity index (χ0n) is 9.59. The van der Waals surface area contributed by atoms with Crippen LogP contribution < -0.4 is 10.5 Å². The van der Waals surface area contributed by atoms with Gasteiger partial charge in [0.2, 0.25) is 0 Å². The highest BCUT2D eigenvalue weighted by Crippen LogP contribution is 2.30. The molecule has 0 aliphatic rings. The van der Waals surface area contributed by atoms with E-state index in [0.717, 1.165) is 10.0 Å². The largest absolute Gasteiger partial charge is 0.422 e. The summed E-state index contributed by atoms with van der Waals surface area (Å²) in [4.78, 5) is 3.99. The molecular weight excluding hydrogens is 284 g/mol. The van der Waals surface area contributed by atoms with Gasteiger partial charge in [0.15, 0.2) is 0 Å². The number of aryl methyl sites for hydroxylation is 1. The van der Waals surface area contributed by atoms with Gasteiger partial charge in [-0.05, 0) is 40.5 Å². The van der Waals surface area contributed by atoms with Crippen LogP contribution in [0.5, 0.6) is 11.8 Å². The summed E-state index contributed by atoms with van der Waals surface area (Å²) in [6.07, 6.45) is 1.58. The molecule has 0 aliphatic carbocycles. The van der Waals surface area contributed by atoms with Gasteiger partial charge in [0.1, 0.15) is 12.1 Å². The Hall–Kier alpha value is -1.40. The van der Waals surface area contributed by atoms with E-state index in [1.54, 1.807) is 18.1 Å². The molecule has 2 N–H and O–H groups in total. The van der Waals surface area contributed by atoms with Crippen LogP contribution in [0.15, 0.2) is 29.0 Å². The van der Waals surface area contributed by atoms with Crippen molar-refractivity contribution >= 4 is 15.9 Å². The van der Waals surface area contributed by atoms with Gasteiger partial charge in [-0.3, -0.25) is 4.68 Å². The van der Waals surface area contributed by atoms with E-state index in [-0.39, 0.29) is 6.04 Å². The van der Waals surface area contributed by atoms with E-state index < -0.39 is 0 Å². The molecule has 0 fully saturated rings. The summed E-state index contributed by atoms with van der Waals surface area (Å²) in [5, 5.41) is 4.04. The molecule has 0 amide bonds. The number of aromatic nitrogens is 3. The highest BCUT2D eigenvalue weighted by atomic mass is 79.9. The molecular formula is C11H13BrN4O. The maximum Gasteiger partial charge on any atom is 0.341 e. The van der Waals surface area contributed by atoms with E-state index in [2.05, 4.69) is 26.0 Å². The number of rotatable bonds is 3. The van der Waals surface area contributed by atoms with Crippen LogP contribution in [0.25, 0.3) is 0 Å². The first kappa shape index (κ1) is 12.1. The summed E-state index contributed by atoms with van der Waals surface area (Å²) in [6.45, 7) is 1.93. The van der Waals surface area contributed by atoms with Crippen molar-refractivity contribution in [1.82, 2.24) is 14.8 Å². The minimum atomic E-state index is -0.00618. The predicted molar refractivity (Wildman–Crippen MR) is 67.8 cm³/mol. The average Bonchev–Trinajstić information content (AvgIpc) is 2.67. The molecule has 0 radical (unpaired) electrons.